The Kier molecular flexibility index (Phi) is 4.20. The highest BCUT2D eigenvalue weighted by atomic mass is 35.5. The number of nitrogens with one attached hydrogen (secondary N) is 1. The van der Waals surface area contributed by atoms with Crippen LogP contribution in [-0.4, -0.2) is 29.8 Å². The van der Waals surface area contributed by atoms with Gasteiger partial charge in [-0.1, -0.05) is 11.6 Å². The van der Waals surface area contributed by atoms with Gasteiger partial charge in [0.05, 0.1) is 0 Å². The molecular formula is C13H15ClN2O2. The number of rotatable bonds is 1. The first kappa shape index (κ1) is 12.9. The first-order chi connectivity index (χ1) is 8.66. The molecule has 1 fully saturated rings. The fourth-order valence-electron chi connectivity index (χ4n) is 1.96. The Labute approximate surface area is 111 Å². The van der Waals surface area contributed by atoms with Crippen molar-refractivity contribution in [3.63, 3.8) is 0 Å². The van der Waals surface area contributed by atoms with Gasteiger partial charge in [-0.3, -0.25) is 9.59 Å². The van der Waals surface area contributed by atoms with Crippen LogP contribution in [-0.2, 0) is 9.59 Å². The quantitative estimate of drug-likeness (QED) is 0.793. The summed E-state index contributed by atoms with van der Waals surface area (Å²) in [5, 5.41) is 3.17. The highest BCUT2D eigenvalue weighted by molar-refractivity contribution is 6.39. The van der Waals surface area contributed by atoms with Crippen LogP contribution in [0.5, 0.6) is 0 Å². The van der Waals surface area contributed by atoms with E-state index in [2.05, 4.69) is 5.32 Å². The molecule has 1 N–H and O–H groups in total. The molecule has 1 aliphatic rings. The molecule has 0 aromatic heterocycles. The van der Waals surface area contributed by atoms with Crippen molar-refractivity contribution in [3.05, 3.63) is 29.3 Å². The summed E-state index contributed by atoms with van der Waals surface area (Å²) in [5.41, 5.74) is 0.578. The highest BCUT2D eigenvalue weighted by Crippen LogP contribution is 2.14. The summed E-state index contributed by atoms with van der Waals surface area (Å²) in [6.45, 7) is 1.35. The number of nitrogens with zero attached hydrogens (tertiary/aromatic N) is 1. The Hall–Kier alpha value is -1.55. The molecule has 0 saturated carbocycles. The van der Waals surface area contributed by atoms with Crippen LogP contribution in [0.3, 0.4) is 0 Å². The number of piperidine rings is 1. The fraction of sp³-hybridized carbons (Fsp3) is 0.385. The lowest BCUT2D eigenvalue weighted by molar-refractivity contribution is -0.143. The average Bonchev–Trinajstić information content (AvgIpc) is 2.41. The van der Waals surface area contributed by atoms with Gasteiger partial charge in [0.15, 0.2) is 0 Å². The topological polar surface area (TPSA) is 49.4 Å². The van der Waals surface area contributed by atoms with Crippen molar-refractivity contribution in [1.82, 2.24) is 4.90 Å². The molecule has 1 aromatic carbocycles. The summed E-state index contributed by atoms with van der Waals surface area (Å²) in [5.74, 6) is -1.04. The van der Waals surface area contributed by atoms with Crippen LogP contribution in [0.2, 0.25) is 5.02 Å². The highest BCUT2D eigenvalue weighted by Gasteiger charge is 2.23. The van der Waals surface area contributed by atoms with Gasteiger partial charge >= 0.3 is 11.8 Å². The smallest absolute Gasteiger partial charge is 0.313 e. The van der Waals surface area contributed by atoms with Crippen LogP contribution in [0.1, 0.15) is 19.3 Å². The number of hydrogen-bond acceptors (Lipinski definition) is 2. The minimum absolute atomic E-state index is 0.454. The van der Waals surface area contributed by atoms with Crippen LogP contribution >= 0.6 is 11.6 Å². The summed E-state index contributed by atoms with van der Waals surface area (Å²) in [4.78, 5) is 25.2. The van der Waals surface area contributed by atoms with Gasteiger partial charge in [-0.15, -0.1) is 0 Å². The van der Waals surface area contributed by atoms with Crippen LogP contribution in [0, 0.1) is 0 Å². The monoisotopic (exact) mass is 266 g/mol. The van der Waals surface area contributed by atoms with E-state index < -0.39 is 11.8 Å². The van der Waals surface area contributed by atoms with E-state index in [0.717, 1.165) is 19.3 Å². The largest absolute Gasteiger partial charge is 0.334 e. The molecule has 2 rings (SSSR count). The van der Waals surface area contributed by atoms with Crippen molar-refractivity contribution >= 4 is 29.1 Å². The second-order valence-corrected chi connectivity index (χ2v) is 4.75. The molecule has 0 spiro atoms. The number of halogens is 1. The molecule has 0 atom stereocenters. The fourth-order valence-corrected chi connectivity index (χ4v) is 2.08. The van der Waals surface area contributed by atoms with E-state index >= 15 is 0 Å². The summed E-state index contributed by atoms with van der Waals surface area (Å²) in [6, 6.07) is 6.68. The van der Waals surface area contributed by atoms with Crippen LogP contribution in [0.15, 0.2) is 24.3 Å². The van der Waals surface area contributed by atoms with Crippen LogP contribution in [0.25, 0.3) is 0 Å². The minimum Gasteiger partial charge on any atom is -0.334 e. The molecule has 0 bridgehead atoms. The van der Waals surface area contributed by atoms with Crippen LogP contribution in [0.4, 0.5) is 5.69 Å². The van der Waals surface area contributed by atoms with Gasteiger partial charge in [0.1, 0.15) is 0 Å². The maximum Gasteiger partial charge on any atom is 0.313 e. The predicted molar refractivity (Wildman–Crippen MR) is 70.5 cm³/mol. The molecule has 0 unspecified atom stereocenters. The zero-order chi connectivity index (χ0) is 13.0. The van der Waals surface area contributed by atoms with E-state index in [1.165, 1.54) is 0 Å². The molecule has 1 saturated heterocycles. The molecule has 1 aromatic rings. The minimum atomic E-state index is -0.584. The van der Waals surface area contributed by atoms with E-state index in [-0.39, 0.29) is 0 Å². The predicted octanol–water partition coefficient (Wildman–Crippen LogP) is 2.29. The number of carbonyl (C=O) groups excluding carboxylic acids is 2. The molecule has 2 amide bonds. The molecule has 5 heteroatoms. The lowest BCUT2D eigenvalue weighted by atomic mass is 10.1. The number of benzene rings is 1. The molecule has 1 heterocycles. The first-order valence-corrected chi connectivity index (χ1v) is 6.40. The molecule has 1 aliphatic heterocycles. The van der Waals surface area contributed by atoms with E-state index in [4.69, 9.17) is 11.6 Å². The van der Waals surface area contributed by atoms with E-state index in [9.17, 15) is 9.59 Å². The van der Waals surface area contributed by atoms with Crippen molar-refractivity contribution in [2.75, 3.05) is 18.4 Å². The van der Waals surface area contributed by atoms with Gasteiger partial charge in [0.2, 0.25) is 0 Å². The summed E-state index contributed by atoms with van der Waals surface area (Å²) in [7, 11) is 0. The number of anilines is 1. The van der Waals surface area contributed by atoms with Gasteiger partial charge in [-0.2, -0.15) is 0 Å². The number of carbonyl (C=O) groups is 2. The number of amides is 2. The number of hydrogen-bond donors (Lipinski definition) is 1. The third-order valence-electron chi connectivity index (χ3n) is 2.94. The second-order valence-electron chi connectivity index (χ2n) is 4.31. The normalized spacial score (nSPS) is 15.3. The zero-order valence-corrected chi connectivity index (χ0v) is 10.7. The third-order valence-corrected chi connectivity index (χ3v) is 3.19. The standard InChI is InChI=1S/C13H15ClN2O2/c14-10-4-6-11(7-5-10)15-12(17)13(18)16-8-2-1-3-9-16/h4-7H,1-3,8-9H2,(H,15,17). The zero-order valence-electron chi connectivity index (χ0n) is 9.99. The van der Waals surface area contributed by atoms with E-state index in [1.54, 1.807) is 29.2 Å². The summed E-state index contributed by atoms with van der Waals surface area (Å²) in [6.07, 6.45) is 3.07. The van der Waals surface area contributed by atoms with Gasteiger partial charge in [-0.25, -0.2) is 0 Å². The van der Waals surface area contributed by atoms with Crippen molar-refractivity contribution in [3.8, 4) is 0 Å². The molecular weight excluding hydrogens is 252 g/mol. The maximum absolute atomic E-state index is 11.9. The summed E-state index contributed by atoms with van der Waals surface area (Å²) < 4.78 is 0. The lowest BCUT2D eigenvalue weighted by Gasteiger charge is -2.25. The van der Waals surface area contributed by atoms with E-state index in [1.807, 2.05) is 0 Å². The Morgan fingerprint density at radius 3 is 2.28 bits per heavy atom. The molecule has 18 heavy (non-hydrogen) atoms. The Morgan fingerprint density at radius 1 is 1.06 bits per heavy atom. The van der Waals surface area contributed by atoms with E-state index in [0.29, 0.717) is 23.8 Å². The molecule has 0 radical (unpaired) electrons. The molecule has 0 aliphatic carbocycles. The van der Waals surface area contributed by atoms with Crippen LogP contribution < -0.4 is 5.32 Å². The van der Waals surface area contributed by atoms with Gasteiger partial charge in [0, 0.05) is 23.8 Å². The maximum atomic E-state index is 11.9. The van der Waals surface area contributed by atoms with Gasteiger partial charge in [0.25, 0.3) is 0 Å². The SMILES string of the molecule is O=C(Nc1ccc(Cl)cc1)C(=O)N1CCCCC1. The second kappa shape index (κ2) is 5.87. The average molecular weight is 267 g/mol. The Balaban J connectivity index is 1.94. The van der Waals surface area contributed by atoms with Crippen molar-refractivity contribution in [1.29, 1.82) is 0 Å². The van der Waals surface area contributed by atoms with Crippen molar-refractivity contribution < 1.29 is 9.59 Å². The Bertz CT molecular complexity index is 439. The summed E-state index contributed by atoms with van der Waals surface area (Å²) >= 11 is 5.74. The van der Waals surface area contributed by atoms with Gasteiger partial charge in [-0.05, 0) is 43.5 Å². The molecule has 4 nitrogen and oxygen atoms in total. The van der Waals surface area contributed by atoms with Crippen molar-refractivity contribution in [2.45, 2.75) is 19.3 Å². The Morgan fingerprint density at radius 2 is 1.67 bits per heavy atom. The lowest BCUT2D eigenvalue weighted by Crippen LogP contribution is -2.42. The third kappa shape index (κ3) is 3.23. The van der Waals surface area contributed by atoms with Crippen molar-refractivity contribution in [2.24, 2.45) is 0 Å². The first-order valence-electron chi connectivity index (χ1n) is 6.02. The van der Waals surface area contributed by atoms with Gasteiger partial charge < -0.3 is 10.2 Å². The molecule has 96 valence electrons. The number of likely N-dealkylation sites (tertiary alicyclic amines) is 1.